The Morgan fingerprint density at radius 2 is 2.04 bits per heavy atom. The number of aryl methyl sites for hydroxylation is 1. The highest BCUT2D eigenvalue weighted by molar-refractivity contribution is 7.98. The summed E-state index contributed by atoms with van der Waals surface area (Å²) in [7, 11) is 1.36. The van der Waals surface area contributed by atoms with Gasteiger partial charge in [-0.05, 0) is 18.1 Å². The van der Waals surface area contributed by atoms with Gasteiger partial charge in [0.1, 0.15) is 14.9 Å². The highest BCUT2D eigenvalue weighted by Gasteiger charge is 2.20. The van der Waals surface area contributed by atoms with Gasteiger partial charge in [0, 0.05) is 5.75 Å². The number of aromatic nitrogens is 2. The van der Waals surface area contributed by atoms with E-state index in [9.17, 15) is 4.79 Å². The average molecular weight is 365 g/mol. The van der Waals surface area contributed by atoms with Crippen molar-refractivity contribution in [2.75, 3.05) is 7.11 Å². The Labute approximate surface area is 146 Å². The summed E-state index contributed by atoms with van der Waals surface area (Å²) in [4.78, 5) is 21.9. The van der Waals surface area contributed by atoms with E-state index in [-0.39, 0.29) is 5.97 Å². The number of rotatable bonds is 4. The Hall–Kier alpha value is -1.63. The molecule has 3 aromatic rings. The molecule has 0 atom stereocenters. The molecule has 118 valence electrons. The molecule has 0 saturated carbocycles. The van der Waals surface area contributed by atoms with Crippen LogP contribution in [0.2, 0.25) is 5.15 Å². The minimum atomic E-state index is -0.375. The van der Waals surface area contributed by atoms with Gasteiger partial charge in [-0.3, -0.25) is 0 Å². The van der Waals surface area contributed by atoms with Gasteiger partial charge in [-0.25, -0.2) is 14.8 Å². The van der Waals surface area contributed by atoms with Crippen LogP contribution in [0.15, 0.2) is 35.5 Å². The van der Waals surface area contributed by atoms with Crippen molar-refractivity contribution >= 4 is 50.9 Å². The van der Waals surface area contributed by atoms with E-state index in [1.54, 1.807) is 0 Å². The molecule has 23 heavy (non-hydrogen) atoms. The molecule has 3 rings (SSSR count). The first-order valence-corrected chi connectivity index (χ1v) is 9.00. The summed E-state index contributed by atoms with van der Waals surface area (Å²) in [5.41, 5.74) is 1.95. The Balaban J connectivity index is 1.93. The summed E-state index contributed by atoms with van der Waals surface area (Å²) in [6, 6.07) is 10.1. The summed E-state index contributed by atoms with van der Waals surface area (Å²) in [5.74, 6) is 0.386. The molecular formula is C16H13ClN2O2S2. The second-order valence-electron chi connectivity index (χ2n) is 4.80. The summed E-state index contributed by atoms with van der Waals surface area (Å²) in [6.07, 6.45) is 0. The van der Waals surface area contributed by atoms with E-state index < -0.39 is 0 Å². The van der Waals surface area contributed by atoms with Crippen molar-refractivity contribution in [2.45, 2.75) is 17.8 Å². The van der Waals surface area contributed by atoms with Crippen molar-refractivity contribution < 1.29 is 9.53 Å². The van der Waals surface area contributed by atoms with Crippen molar-refractivity contribution in [1.29, 1.82) is 0 Å². The largest absolute Gasteiger partial charge is 0.465 e. The van der Waals surface area contributed by atoms with E-state index in [1.807, 2.05) is 25.1 Å². The van der Waals surface area contributed by atoms with Crippen molar-refractivity contribution in [1.82, 2.24) is 9.97 Å². The maximum Gasteiger partial charge on any atom is 0.348 e. The van der Waals surface area contributed by atoms with E-state index in [0.717, 1.165) is 16.7 Å². The number of carbonyl (C=O) groups excluding carboxylic acids is 1. The number of carbonyl (C=O) groups is 1. The lowest BCUT2D eigenvalue weighted by atomic mass is 10.2. The Morgan fingerprint density at radius 1 is 1.30 bits per heavy atom. The van der Waals surface area contributed by atoms with Crippen LogP contribution in [0, 0.1) is 6.92 Å². The molecule has 0 radical (unpaired) electrons. The average Bonchev–Trinajstić information content (AvgIpc) is 2.90. The minimum Gasteiger partial charge on any atom is -0.465 e. The van der Waals surface area contributed by atoms with E-state index in [4.69, 9.17) is 16.3 Å². The molecular weight excluding hydrogens is 352 g/mol. The first-order chi connectivity index (χ1) is 11.1. The molecule has 0 aliphatic rings. The minimum absolute atomic E-state index is 0.370. The van der Waals surface area contributed by atoms with Crippen LogP contribution in [0.1, 0.15) is 20.8 Å². The zero-order valence-corrected chi connectivity index (χ0v) is 14.9. The van der Waals surface area contributed by atoms with Crippen LogP contribution in [-0.2, 0) is 10.5 Å². The summed E-state index contributed by atoms with van der Waals surface area (Å²) >= 11 is 9.10. The van der Waals surface area contributed by atoms with Crippen LogP contribution < -0.4 is 0 Å². The van der Waals surface area contributed by atoms with Crippen LogP contribution >= 0.6 is 34.7 Å². The SMILES string of the molecule is COC(=O)c1sc2nc(SCc3ccccc3)nc(Cl)c2c1C. The molecule has 0 spiro atoms. The van der Waals surface area contributed by atoms with Crippen LogP contribution in [0.25, 0.3) is 10.2 Å². The number of methoxy groups -OCH3 is 1. The zero-order valence-electron chi connectivity index (χ0n) is 12.5. The van der Waals surface area contributed by atoms with E-state index in [0.29, 0.717) is 20.0 Å². The summed E-state index contributed by atoms with van der Waals surface area (Å²) in [5, 5.41) is 1.69. The number of fused-ring (bicyclic) bond motifs is 1. The van der Waals surface area contributed by atoms with Crippen LogP contribution in [0.3, 0.4) is 0 Å². The third-order valence-electron chi connectivity index (χ3n) is 3.31. The third-order valence-corrected chi connectivity index (χ3v) is 5.66. The van der Waals surface area contributed by atoms with Gasteiger partial charge in [-0.2, -0.15) is 0 Å². The first kappa shape index (κ1) is 16.2. The standard InChI is InChI=1S/C16H13ClN2O2S2/c1-9-11-13(17)18-16(22-8-10-6-4-3-5-7-10)19-14(11)23-12(9)15(20)21-2/h3-7H,8H2,1-2H3. The molecule has 0 saturated heterocycles. The zero-order chi connectivity index (χ0) is 16.4. The number of thioether (sulfide) groups is 1. The fourth-order valence-electron chi connectivity index (χ4n) is 2.15. The van der Waals surface area contributed by atoms with Crippen molar-refractivity contribution in [2.24, 2.45) is 0 Å². The highest BCUT2D eigenvalue weighted by Crippen LogP contribution is 2.35. The normalized spacial score (nSPS) is 10.9. The topological polar surface area (TPSA) is 52.1 Å². The lowest BCUT2D eigenvalue weighted by molar-refractivity contribution is 0.0605. The molecule has 2 aromatic heterocycles. The van der Waals surface area contributed by atoms with E-state index >= 15 is 0 Å². The smallest absolute Gasteiger partial charge is 0.348 e. The molecule has 1 aromatic carbocycles. The van der Waals surface area contributed by atoms with Gasteiger partial charge in [-0.15, -0.1) is 11.3 Å². The Morgan fingerprint density at radius 3 is 2.74 bits per heavy atom. The summed E-state index contributed by atoms with van der Waals surface area (Å²) < 4.78 is 4.80. The quantitative estimate of drug-likeness (QED) is 0.290. The number of hydrogen-bond donors (Lipinski definition) is 0. The Kier molecular flexibility index (Phi) is 4.84. The number of ether oxygens (including phenoxy) is 1. The molecule has 0 bridgehead atoms. The molecule has 0 unspecified atom stereocenters. The van der Waals surface area contributed by atoms with Gasteiger partial charge in [-0.1, -0.05) is 53.7 Å². The van der Waals surface area contributed by atoms with Gasteiger partial charge in [0.05, 0.1) is 12.5 Å². The summed E-state index contributed by atoms with van der Waals surface area (Å²) in [6.45, 7) is 1.83. The number of halogens is 1. The van der Waals surface area contributed by atoms with Gasteiger partial charge in [0.2, 0.25) is 0 Å². The first-order valence-electron chi connectivity index (χ1n) is 6.82. The molecule has 7 heteroatoms. The van der Waals surface area contributed by atoms with Crippen LogP contribution in [0.4, 0.5) is 0 Å². The van der Waals surface area contributed by atoms with Gasteiger partial charge in [0.15, 0.2) is 5.16 Å². The Bertz CT molecular complexity index is 865. The molecule has 4 nitrogen and oxygen atoms in total. The fraction of sp³-hybridized carbons (Fsp3) is 0.188. The van der Waals surface area contributed by atoms with E-state index in [2.05, 4.69) is 22.1 Å². The predicted molar refractivity (Wildman–Crippen MR) is 94.5 cm³/mol. The van der Waals surface area contributed by atoms with Crippen molar-refractivity contribution in [3.8, 4) is 0 Å². The maximum absolute atomic E-state index is 11.8. The fourth-order valence-corrected chi connectivity index (χ4v) is 4.52. The number of esters is 1. The van der Waals surface area contributed by atoms with Gasteiger partial charge in [0.25, 0.3) is 0 Å². The molecule has 2 heterocycles. The van der Waals surface area contributed by atoms with E-state index in [1.165, 1.54) is 35.8 Å². The second-order valence-corrected chi connectivity index (χ2v) is 7.10. The number of hydrogen-bond acceptors (Lipinski definition) is 6. The lowest BCUT2D eigenvalue weighted by Gasteiger charge is -2.02. The molecule has 0 aliphatic carbocycles. The number of benzene rings is 1. The van der Waals surface area contributed by atoms with Crippen LogP contribution in [-0.4, -0.2) is 23.0 Å². The third kappa shape index (κ3) is 3.34. The molecule has 0 aliphatic heterocycles. The highest BCUT2D eigenvalue weighted by atomic mass is 35.5. The predicted octanol–water partition coefficient (Wildman–Crippen LogP) is 4.73. The molecule has 0 fully saturated rings. The van der Waals surface area contributed by atoms with Crippen molar-refractivity contribution in [3.63, 3.8) is 0 Å². The molecule has 0 amide bonds. The molecule has 0 N–H and O–H groups in total. The lowest BCUT2D eigenvalue weighted by Crippen LogP contribution is -1.99. The number of thiophene rings is 1. The monoisotopic (exact) mass is 364 g/mol. The van der Waals surface area contributed by atoms with Gasteiger partial charge >= 0.3 is 5.97 Å². The van der Waals surface area contributed by atoms with Crippen LogP contribution in [0.5, 0.6) is 0 Å². The van der Waals surface area contributed by atoms with Gasteiger partial charge < -0.3 is 4.74 Å². The van der Waals surface area contributed by atoms with Crippen molar-refractivity contribution in [3.05, 3.63) is 51.5 Å². The second kappa shape index (κ2) is 6.86. The number of nitrogens with zero attached hydrogens (tertiary/aromatic N) is 2. The maximum atomic E-state index is 11.8.